The Hall–Kier alpha value is -0.376. The molecule has 2 N–H and O–H groups in total. The van der Waals surface area contributed by atoms with Crippen molar-refractivity contribution < 1.29 is 14.3 Å². The maximum Gasteiger partial charge on any atom is 0.306 e. The molecule has 0 fully saturated rings. The Morgan fingerprint density at radius 1 is 1.35 bits per heavy atom. The maximum absolute atomic E-state index is 11.3. The second-order valence-electron chi connectivity index (χ2n) is 5.06. The van der Waals surface area contributed by atoms with Crippen LogP contribution in [0, 0.1) is 0 Å². The highest BCUT2D eigenvalue weighted by Crippen LogP contribution is 2.10. The van der Waals surface area contributed by atoms with Crippen LogP contribution in [0.25, 0.3) is 0 Å². The number of rotatable bonds is 8. The molecule has 0 radical (unpaired) electrons. The van der Waals surface area contributed by atoms with Crippen LogP contribution in [-0.4, -0.2) is 55.0 Å². The number of hydrogen-bond donors (Lipinski definition) is 1. The molecule has 0 heterocycles. The molecule has 0 saturated heterocycles. The number of carbonyl (C=O) groups excluding carboxylic acids is 1. The fourth-order valence-corrected chi connectivity index (χ4v) is 4.50. The smallest absolute Gasteiger partial charge is 0.306 e. The van der Waals surface area contributed by atoms with Crippen molar-refractivity contribution in [2.24, 2.45) is 5.73 Å². The van der Waals surface area contributed by atoms with Gasteiger partial charge in [0.25, 0.3) is 0 Å². The van der Waals surface area contributed by atoms with Crippen molar-refractivity contribution in [3.05, 3.63) is 0 Å². The van der Waals surface area contributed by atoms with Crippen molar-refractivity contribution in [1.29, 1.82) is 0 Å². The van der Waals surface area contributed by atoms with E-state index in [4.69, 9.17) is 15.2 Å². The van der Waals surface area contributed by atoms with Gasteiger partial charge in [-0.2, -0.15) is 0 Å². The number of methoxy groups -OCH3 is 2. The molecule has 5 nitrogen and oxygen atoms in total. The van der Waals surface area contributed by atoms with Crippen LogP contribution in [0.3, 0.4) is 0 Å². The first-order valence-electron chi connectivity index (χ1n) is 5.95. The molecule has 0 aromatic rings. The number of hydrogen-bond acceptors (Lipinski definition) is 3. The van der Waals surface area contributed by atoms with Gasteiger partial charge in [-0.1, -0.05) is 25.7 Å². The van der Waals surface area contributed by atoms with E-state index >= 15 is 0 Å². The molecule has 0 unspecified atom stereocenters. The molecule has 0 aromatic carbocycles. The third-order valence-electron chi connectivity index (χ3n) is 2.67. The molecule has 102 valence electrons. The lowest BCUT2D eigenvalue weighted by Crippen LogP contribution is -2.52. The van der Waals surface area contributed by atoms with Gasteiger partial charge in [0.2, 0.25) is 0 Å². The van der Waals surface area contributed by atoms with Crippen molar-refractivity contribution in [1.82, 2.24) is 4.57 Å². The average Bonchev–Trinajstić information content (AvgIpc) is 2.21. The minimum atomic E-state index is -1.63. The molecule has 17 heavy (non-hydrogen) atoms. The number of nitrogens with two attached hydrogens (primary N) is 1. The SMILES string of the molecule is COC(OC)[SiH2]CCCN(C(N)=O)[Si](C)(C)C. The standard InChI is InChI=1S/C10H26N2O3Si2/c1-14-10(15-2)16-8-6-7-12(9(11)13)17(3,4)5/h10H,6-8,16H2,1-5H3,(H2,11,13). The van der Waals surface area contributed by atoms with Crippen molar-refractivity contribution >= 4 is 23.8 Å². The van der Waals surface area contributed by atoms with Crippen LogP contribution in [0.2, 0.25) is 25.7 Å². The highest BCUT2D eigenvalue weighted by molar-refractivity contribution is 6.75. The van der Waals surface area contributed by atoms with E-state index in [1.807, 2.05) is 4.57 Å². The number of amides is 2. The summed E-state index contributed by atoms with van der Waals surface area (Å²) in [7, 11) is 1.31. The van der Waals surface area contributed by atoms with Crippen molar-refractivity contribution in [2.75, 3.05) is 20.8 Å². The van der Waals surface area contributed by atoms with Gasteiger partial charge >= 0.3 is 6.03 Å². The molecular weight excluding hydrogens is 252 g/mol. The zero-order valence-corrected chi connectivity index (χ0v) is 14.1. The van der Waals surface area contributed by atoms with E-state index < -0.39 is 17.8 Å². The molecule has 2 amide bonds. The molecule has 0 aliphatic rings. The highest BCUT2D eigenvalue weighted by Gasteiger charge is 2.26. The molecule has 0 bridgehead atoms. The fraction of sp³-hybridized carbons (Fsp3) is 0.900. The lowest BCUT2D eigenvalue weighted by molar-refractivity contribution is -0.0441. The third kappa shape index (κ3) is 6.82. The van der Waals surface area contributed by atoms with E-state index in [9.17, 15) is 4.79 Å². The number of carbonyl (C=O) groups is 1. The van der Waals surface area contributed by atoms with Crippen LogP contribution in [0.1, 0.15) is 6.42 Å². The topological polar surface area (TPSA) is 64.8 Å². The van der Waals surface area contributed by atoms with Gasteiger partial charge in [-0.3, -0.25) is 0 Å². The molecular formula is C10H26N2O3Si2. The second-order valence-corrected chi connectivity index (χ2v) is 11.9. The summed E-state index contributed by atoms with van der Waals surface area (Å²) in [4.78, 5) is 11.3. The van der Waals surface area contributed by atoms with Gasteiger partial charge in [-0.15, -0.1) is 0 Å². The molecule has 0 spiro atoms. The van der Waals surface area contributed by atoms with E-state index in [0.717, 1.165) is 19.0 Å². The van der Waals surface area contributed by atoms with Crippen LogP contribution in [0.5, 0.6) is 0 Å². The van der Waals surface area contributed by atoms with Crippen LogP contribution in [-0.2, 0) is 9.47 Å². The average molecular weight is 279 g/mol. The minimum absolute atomic E-state index is 0.0103. The first-order valence-corrected chi connectivity index (χ1v) is 11.2. The molecule has 0 aromatic heterocycles. The zero-order valence-electron chi connectivity index (χ0n) is 11.7. The predicted molar refractivity (Wildman–Crippen MR) is 75.4 cm³/mol. The minimum Gasteiger partial charge on any atom is -0.360 e. The summed E-state index contributed by atoms with van der Waals surface area (Å²) in [6.07, 6.45) is 0.989. The van der Waals surface area contributed by atoms with Gasteiger partial charge in [0, 0.05) is 20.8 Å². The summed E-state index contributed by atoms with van der Waals surface area (Å²) in [6.45, 7) is 7.14. The van der Waals surface area contributed by atoms with Crippen LogP contribution in [0.4, 0.5) is 4.79 Å². The number of primary amides is 1. The quantitative estimate of drug-likeness (QED) is 0.405. The van der Waals surface area contributed by atoms with Crippen molar-refractivity contribution in [3.8, 4) is 0 Å². The van der Waals surface area contributed by atoms with E-state index in [1.54, 1.807) is 14.2 Å². The second kappa shape index (κ2) is 7.86. The van der Waals surface area contributed by atoms with E-state index in [1.165, 1.54) is 0 Å². The molecule has 0 rings (SSSR count). The largest absolute Gasteiger partial charge is 0.360 e. The van der Waals surface area contributed by atoms with E-state index in [2.05, 4.69) is 19.6 Å². The monoisotopic (exact) mass is 278 g/mol. The fourth-order valence-electron chi connectivity index (χ4n) is 1.69. The summed E-state index contributed by atoms with van der Waals surface area (Å²) in [6, 6.07) is 0.807. The van der Waals surface area contributed by atoms with Crippen LogP contribution >= 0.6 is 0 Å². The van der Waals surface area contributed by atoms with Crippen molar-refractivity contribution in [3.63, 3.8) is 0 Å². The van der Waals surface area contributed by atoms with E-state index in [0.29, 0.717) is 0 Å². The molecule has 0 atom stereocenters. The number of nitrogens with zero attached hydrogens (tertiary/aromatic N) is 1. The Bertz CT molecular complexity index is 230. The maximum atomic E-state index is 11.3. The van der Waals surface area contributed by atoms with Crippen molar-refractivity contribution in [2.45, 2.75) is 38.0 Å². The third-order valence-corrected chi connectivity index (χ3v) is 6.78. The summed E-state index contributed by atoms with van der Waals surface area (Å²) in [5, 5.41) is 0. The molecule has 0 saturated carbocycles. The first-order chi connectivity index (χ1) is 7.82. The van der Waals surface area contributed by atoms with Gasteiger partial charge in [-0.05, 0) is 6.42 Å². The van der Waals surface area contributed by atoms with Gasteiger partial charge in [0.1, 0.15) is 5.91 Å². The predicted octanol–water partition coefficient (Wildman–Crippen LogP) is 0.756. The van der Waals surface area contributed by atoms with Gasteiger partial charge < -0.3 is 19.8 Å². The highest BCUT2D eigenvalue weighted by atomic mass is 28.3. The summed E-state index contributed by atoms with van der Waals surface area (Å²) in [5.41, 5.74) is 5.40. The van der Waals surface area contributed by atoms with Crippen LogP contribution < -0.4 is 5.73 Å². The number of urea groups is 1. The zero-order chi connectivity index (χ0) is 13.5. The Balaban J connectivity index is 3.96. The Morgan fingerprint density at radius 3 is 2.24 bits per heavy atom. The Labute approximate surface area is 108 Å². The van der Waals surface area contributed by atoms with E-state index in [-0.39, 0.29) is 11.9 Å². The number of ether oxygens (including phenoxy) is 2. The van der Waals surface area contributed by atoms with Gasteiger partial charge in [-0.25, -0.2) is 4.79 Å². The van der Waals surface area contributed by atoms with Crippen LogP contribution in [0.15, 0.2) is 0 Å². The molecule has 0 aliphatic carbocycles. The first kappa shape index (κ1) is 16.6. The Kier molecular flexibility index (Phi) is 7.68. The lowest BCUT2D eigenvalue weighted by Gasteiger charge is -2.32. The Morgan fingerprint density at radius 2 is 1.88 bits per heavy atom. The molecule has 0 aliphatic heterocycles. The molecule has 7 heteroatoms. The summed E-state index contributed by atoms with van der Waals surface area (Å²) >= 11 is 0. The normalized spacial score (nSPS) is 12.6. The van der Waals surface area contributed by atoms with Gasteiger partial charge in [0.05, 0.1) is 9.52 Å². The lowest BCUT2D eigenvalue weighted by atomic mass is 10.5. The summed E-state index contributed by atoms with van der Waals surface area (Å²) < 4.78 is 12.2. The van der Waals surface area contributed by atoms with Gasteiger partial charge in [0.15, 0.2) is 8.24 Å². The summed E-state index contributed by atoms with van der Waals surface area (Å²) in [5.74, 6) is -0.0103.